The van der Waals surface area contributed by atoms with E-state index >= 15 is 0 Å². The lowest BCUT2D eigenvalue weighted by molar-refractivity contribution is 0.200. The van der Waals surface area contributed by atoms with Gasteiger partial charge in [0.25, 0.3) is 10.2 Å². The van der Waals surface area contributed by atoms with E-state index in [0.717, 1.165) is 12.8 Å². The van der Waals surface area contributed by atoms with Crippen LogP contribution in [0.5, 0.6) is 0 Å². The first-order valence-corrected chi connectivity index (χ1v) is 7.30. The molecule has 0 radical (unpaired) electrons. The van der Waals surface area contributed by atoms with Crippen molar-refractivity contribution in [3.05, 3.63) is 0 Å². The molecule has 0 saturated carbocycles. The first kappa shape index (κ1) is 14.8. The minimum Gasteiger partial charge on any atom is -0.383 e. The van der Waals surface area contributed by atoms with E-state index in [0.29, 0.717) is 26.2 Å². The van der Waals surface area contributed by atoms with Gasteiger partial charge in [-0.3, -0.25) is 0 Å². The highest BCUT2D eigenvalue weighted by atomic mass is 32.2. The number of nitrogens with zero attached hydrogens (tertiary/aromatic N) is 1. The van der Waals surface area contributed by atoms with Crippen LogP contribution in [0.25, 0.3) is 0 Å². The summed E-state index contributed by atoms with van der Waals surface area (Å²) in [6.45, 7) is 3.94. The Bertz CT molecular complexity index is 324. The van der Waals surface area contributed by atoms with Gasteiger partial charge < -0.3 is 10.1 Å². The van der Waals surface area contributed by atoms with E-state index in [9.17, 15) is 8.42 Å². The van der Waals surface area contributed by atoms with Crippen molar-refractivity contribution in [2.45, 2.75) is 25.3 Å². The van der Waals surface area contributed by atoms with Crippen LogP contribution in [0.2, 0.25) is 0 Å². The molecule has 0 unspecified atom stereocenters. The average Bonchev–Trinajstić information content (AvgIpc) is 2.30. The molecule has 1 heterocycles. The molecule has 7 heteroatoms. The molecule has 0 atom stereocenters. The van der Waals surface area contributed by atoms with E-state index in [2.05, 4.69) is 17.0 Å². The summed E-state index contributed by atoms with van der Waals surface area (Å²) < 4.78 is 32.6. The minimum atomic E-state index is -3.34. The minimum absolute atomic E-state index is 0.0541. The molecule has 1 rings (SSSR count). The Morgan fingerprint density at radius 2 is 1.94 bits per heavy atom. The molecule has 0 amide bonds. The Kier molecular flexibility index (Phi) is 5.33. The van der Waals surface area contributed by atoms with Gasteiger partial charge in [-0.25, -0.2) is 0 Å². The number of piperidine rings is 1. The Hall–Kier alpha value is -0.210. The number of rotatable bonds is 6. The molecule has 1 fully saturated rings. The number of nitrogens with one attached hydrogen (secondary N) is 2. The van der Waals surface area contributed by atoms with Crippen LogP contribution in [0, 0.1) is 0 Å². The first-order valence-electron chi connectivity index (χ1n) is 5.86. The number of hydrogen-bond acceptors (Lipinski definition) is 4. The van der Waals surface area contributed by atoms with Gasteiger partial charge in [-0.1, -0.05) is 0 Å². The van der Waals surface area contributed by atoms with Crippen LogP contribution in [0.1, 0.15) is 19.8 Å². The molecular formula is C10H23N3O3S. The highest BCUT2D eigenvalue weighted by Gasteiger charge is 2.33. The summed E-state index contributed by atoms with van der Waals surface area (Å²) in [5.74, 6) is 0. The topological polar surface area (TPSA) is 70.7 Å². The van der Waals surface area contributed by atoms with Crippen molar-refractivity contribution in [3.8, 4) is 0 Å². The zero-order valence-corrected chi connectivity index (χ0v) is 11.6. The number of hydrogen-bond donors (Lipinski definition) is 2. The third kappa shape index (κ3) is 4.18. The van der Waals surface area contributed by atoms with Gasteiger partial charge in [-0.05, 0) is 26.8 Å². The van der Waals surface area contributed by atoms with Crippen molar-refractivity contribution in [1.82, 2.24) is 14.3 Å². The third-order valence-corrected chi connectivity index (χ3v) is 4.97. The van der Waals surface area contributed by atoms with Crippen molar-refractivity contribution in [1.29, 1.82) is 0 Å². The van der Waals surface area contributed by atoms with E-state index in [1.807, 2.05) is 7.05 Å². The fourth-order valence-corrected chi connectivity index (χ4v) is 3.02. The Morgan fingerprint density at radius 3 is 2.41 bits per heavy atom. The van der Waals surface area contributed by atoms with E-state index in [4.69, 9.17) is 4.74 Å². The van der Waals surface area contributed by atoms with Gasteiger partial charge in [0.05, 0.1) is 6.61 Å². The molecule has 0 spiro atoms. The molecule has 2 N–H and O–H groups in total. The average molecular weight is 265 g/mol. The largest absolute Gasteiger partial charge is 0.383 e. The van der Waals surface area contributed by atoms with E-state index in [1.165, 1.54) is 4.31 Å². The number of ether oxygens (including phenoxy) is 1. The lowest BCUT2D eigenvalue weighted by Crippen LogP contribution is -2.53. The second kappa shape index (κ2) is 6.10. The molecule has 6 nitrogen and oxygen atoms in total. The van der Waals surface area contributed by atoms with Crippen LogP contribution in [0.3, 0.4) is 0 Å². The predicted octanol–water partition coefficient (Wildman–Crippen LogP) is -0.459. The molecule has 17 heavy (non-hydrogen) atoms. The zero-order chi connectivity index (χ0) is 12.9. The highest BCUT2D eigenvalue weighted by Crippen LogP contribution is 2.22. The van der Waals surface area contributed by atoms with Crippen molar-refractivity contribution >= 4 is 10.2 Å². The van der Waals surface area contributed by atoms with E-state index in [-0.39, 0.29) is 5.54 Å². The maximum atomic E-state index is 11.9. The summed E-state index contributed by atoms with van der Waals surface area (Å²) in [6, 6.07) is 0. The second-order valence-electron chi connectivity index (χ2n) is 4.60. The van der Waals surface area contributed by atoms with Crippen LogP contribution >= 0.6 is 0 Å². The summed E-state index contributed by atoms with van der Waals surface area (Å²) in [5, 5.41) is 3.24. The van der Waals surface area contributed by atoms with Gasteiger partial charge in [0.1, 0.15) is 0 Å². The maximum Gasteiger partial charge on any atom is 0.279 e. The summed E-state index contributed by atoms with van der Waals surface area (Å²) in [4.78, 5) is 0. The van der Waals surface area contributed by atoms with E-state index in [1.54, 1.807) is 7.11 Å². The zero-order valence-electron chi connectivity index (χ0n) is 10.8. The van der Waals surface area contributed by atoms with Crippen molar-refractivity contribution in [2.24, 2.45) is 0 Å². The highest BCUT2D eigenvalue weighted by molar-refractivity contribution is 7.87. The molecule has 1 aliphatic rings. The lowest BCUT2D eigenvalue weighted by Gasteiger charge is -2.38. The molecule has 1 saturated heterocycles. The van der Waals surface area contributed by atoms with Crippen LogP contribution in [0.15, 0.2) is 0 Å². The Balaban J connectivity index is 2.47. The van der Waals surface area contributed by atoms with Gasteiger partial charge in [0.15, 0.2) is 0 Å². The predicted molar refractivity (Wildman–Crippen MR) is 67.1 cm³/mol. The van der Waals surface area contributed by atoms with Gasteiger partial charge in [0.2, 0.25) is 0 Å². The summed E-state index contributed by atoms with van der Waals surface area (Å²) in [6.07, 6.45) is 1.66. The summed E-state index contributed by atoms with van der Waals surface area (Å²) in [7, 11) is 0.128. The Labute approximate surface area is 104 Å². The van der Waals surface area contributed by atoms with Crippen LogP contribution in [-0.4, -0.2) is 58.7 Å². The smallest absolute Gasteiger partial charge is 0.279 e. The van der Waals surface area contributed by atoms with Crippen molar-refractivity contribution in [2.75, 3.05) is 40.4 Å². The first-order chi connectivity index (χ1) is 7.93. The monoisotopic (exact) mass is 265 g/mol. The van der Waals surface area contributed by atoms with E-state index < -0.39 is 10.2 Å². The molecule has 0 aromatic heterocycles. The van der Waals surface area contributed by atoms with Gasteiger partial charge >= 0.3 is 0 Å². The molecule has 0 aliphatic carbocycles. The van der Waals surface area contributed by atoms with Gasteiger partial charge in [-0.15, -0.1) is 0 Å². The lowest BCUT2D eigenvalue weighted by atomic mass is 9.91. The second-order valence-corrected chi connectivity index (χ2v) is 6.36. The molecule has 0 aromatic rings. The fourth-order valence-electron chi connectivity index (χ4n) is 1.83. The standard InChI is InChI=1S/C10H23N3O3S/c1-10(11-2)4-7-13(8-5-10)17(14,15)12-6-9-16-3/h11-12H,4-9H2,1-3H3. The van der Waals surface area contributed by atoms with Crippen LogP contribution < -0.4 is 10.0 Å². The Morgan fingerprint density at radius 1 is 1.35 bits per heavy atom. The summed E-state index contributed by atoms with van der Waals surface area (Å²) in [5.41, 5.74) is 0.0541. The molecule has 0 bridgehead atoms. The summed E-state index contributed by atoms with van der Waals surface area (Å²) >= 11 is 0. The van der Waals surface area contributed by atoms with Crippen LogP contribution in [-0.2, 0) is 14.9 Å². The van der Waals surface area contributed by atoms with Crippen molar-refractivity contribution in [3.63, 3.8) is 0 Å². The SMILES string of the molecule is CNC1(C)CCN(S(=O)(=O)NCCOC)CC1. The van der Waals surface area contributed by atoms with Crippen LogP contribution in [0.4, 0.5) is 0 Å². The van der Waals surface area contributed by atoms with Crippen molar-refractivity contribution < 1.29 is 13.2 Å². The van der Waals surface area contributed by atoms with Gasteiger partial charge in [0, 0.05) is 32.3 Å². The maximum absolute atomic E-state index is 11.9. The fraction of sp³-hybridized carbons (Fsp3) is 1.00. The third-order valence-electron chi connectivity index (χ3n) is 3.36. The quantitative estimate of drug-likeness (QED) is 0.638. The molecule has 1 aliphatic heterocycles. The molecule has 102 valence electrons. The molecular weight excluding hydrogens is 242 g/mol. The number of methoxy groups -OCH3 is 1. The van der Waals surface area contributed by atoms with Gasteiger partial charge in [-0.2, -0.15) is 17.4 Å². The normalized spacial score (nSPS) is 21.6. The molecule has 0 aromatic carbocycles.